The van der Waals surface area contributed by atoms with Crippen molar-refractivity contribution in [3.63, 3.8) is 0 Å². The zero-order valence-corrected chi connectivity index (χ0v) is 12.3. The van der Waals surface area contributed by atoms with Gasteiger partial charge < -0.3 is 4.40 Å². The molecule has 0 fully saturated rings. The summed E-state index contributed by atoms with van der Waals surface area (Å²) in [5.41, 5.74) is 3.65. The molecule has 2 aromatic heterocycles. The van der Waals surface area contributed by atoms with E-state index in [1.54, 1.807) is 0 Å². The Bertz CT molecular complexity index is 427. The Morgan fingerprint density at radius 1 is 1.06 bits per heavy atom. The highest BCUT2D eigenvalue weighted by Crippen LogP contribution is 2.17. The molecule has 2 heterocycles. The molecule has 0 saturated carbocycles. The number of pyridine rings is 1. The average Bonchev–Trinajstić information content (AvgIpc) is 2.80. The summed E-state index contributed by atoms with van der Waals surface area (Å²) in [7, 11) is 0. The molecule has 96 valence electrons. The normalized spacial score (nSPS) is 9.41. The van der Waals surface area contributed by atoms with Gasteiger partial charge in [0.1, 0.15) is 5.65 Å². The largest absolute Gasteiger partial charge is 0.304 e. The van der Waals surface area contributed by atoms with Gasteiger partial charge in [0.05, 0.1) is 0 Å². The van der Waals surface area contributed by atoms with Crippen LogP contribution in [0.5, 0.6) is 0 Å². The summed E-state index contributed by atoms with van der Waals surface area (Å²) in [6, 6.07) is 4.32. The number of fused-ring (bicyclic) bond motifs is 1. The molecule has 0 N–H and O–H groups in total. The van der Waals surface area contributed by atoms with Crippen molar-refractivity contribution in [2.75, 3.05) is 0 Å². The SMILES string of the molecule is CC.CC.Cc1cc(C(C)C)n2ccnc2c1. The van der Waals surface area contributed by atoms with E-state index in [4.69, 9.17) is 0 Å². The number of rotatable bonds is 1. The zero-order chi connectivity index (χ0) is 13.4. The summed E-state index contributed by atoms with van der Waals surface area (Å²) in [6.07, 6.45) is 3.87. The van der Waals surface area contributed by atoms with Crippen molar-refractivity contribution in [1.82, 2.24) is 9.38 Å². The lowest BCUT2D eigenvalue weighted by Gasteiger charge is -2.09. The Morgan fingerprint density at radius 3 is 2.18 bits per heavy atom. The number of imidazole rings is 1. The maximum atomic E-state index is 4.29. The first-order chi connectivity index (χ1) is 8.18. The van der Waals surface area contributed by atoms with Crippen molar-refractivity contribution in [2.24, 2.45) is 0 Å². The lowest BCUT2D eigenvalue weighted by atomic mass is 10.1. The Hall–Kier alpha value is -1.31. The van der Waals surface area contributed by atoms with Crippen LogP contribution in [0.2, 0.25) is 0 Å². The van der Waals surface area contributed by atoms with Crippen molar-refractivity contribution < 1.29 is 0 Å². The number of aryl methyl sites for hydroxylation is 1. The van der Waals surface area contributed by atoms with Gasteiger partial charge in [-0.05, 0) is 30.5 Å². The van der Waals surface area contributed by atoms with Gasteiger partial charge in [0.25, 0.3) is 0 Å². The second-order valence-electron chi connectivity index (χ2n) is 3.77. The second-order valence-corrected chi connectivity index (χ2v) is 3.77. The Balaban J connectivity index is 0.000000581. The molecule has 2 heteroatoms. The van der Waals surface area contributed by atoms with Gasteiger partial charge in [-0.25, -0.2) is 4.98 Å². The minimum atomic E-state index is 0.539. The fourth-order valence-corrected chi connectivity index (χ4v) is 1.63. The first kappa shape index (κ1) is 15.7. The lowest BCUT2D eigenvalue weighted by Crippen LogP contribution is -1.98. The van der Waals surface area contributed by atoms with Crippen LogP contribution in [0.15, 0.2) is 24.5 Å². The van der Waals surface area contributed by atoms with Crippen molar-refractivity contribution in [3.05, 3.63) is 35.8 Å². The first-order valence-electron chi connectivity index (χ1n) is 6.62. The molecule has 0 atom stereocenters. The van der Waals surface area contributed by atoms with E-state index >= 15 is 0 Å². The maximum Gasteiger partial charge on any atom is 0.137 e. The van der Waals surface area contributed by atoms with Gasteiger partial charge in [0.15, 0.2) is 0 Å². The zero-order valence-electron chi connectivity index (χ0n) is 12.3. The van der Waals surface area contributed by atoms with Crippen LogP contribution in [0.1, 0.15) is 58.7 Å². The summed E-state index contributed by atoms with van der Waals surface area (Å²) < 4.78 is 2.15. The molecule has 0 aliphatic carbocycles. The van der Waals surface area contributed by atoms with Crippen molar-refractivity contribution in [1.29, 1.82) is 0 Å². The molecule has 2 nitrogen and oxygen atoms in total. The predicted molar refractivity (Wildman–Crippen MR) is 76.7 cm³/mol. The van der Waals surface area contributed by atoms with E-state index in [1.807, 2.05) is 40.1 Å². The molecule has 0 bridgehead atoms. The van der Waals surface area contributed by atoms with Gasteiger partial charge in [-0.15, -0.1) is 0 Å². The Kier molecular flexibility index (Phi) is 7.27. The highest BCUT2D eigenvalue weighted by Gasteiger charge is 2.05. The monoisotopic (exact) mass is 234 g/mol. The van der Waals surface area contributed by atoms with Gasteiger partial charge in [0.2, 0.25) is 0 Å². The van der Waals surface area contributed by atoms with Crippen LogP contribution in [-0.2, 0) is 0 Å². The van der Waals surface area contributed by atoms with E-state index in [0.29, 0.717) is 5.92 Å². The van der Waals surface area contributed by atoms with Gasteiger partial charge in [-0.3, -0.25) is 0 Å². The molecule has 2 rings (SSSR count). The van der Waals surface area contributed by atoms with Crippen LogP contribution >= 0.6 is 0 Å². The van der Waals surface area contributed by atoms with Crippen LogP contribution in [-0.4, -0.2) is 9.38 Å². The summed E-state index contributed by atoms with van der Waals surface area (Å²) in [4.78, 5) is 4.29. The molecule has 0 spiro atoms. The predicted octanol–water partition coefficient (Wildman–Crippen LogP) is 4.82. The topological polar surface area (TPSA) is 17.3 Å². The fourth-order valence-electron chi connectivity index (χ4n) is 1.63. The number of nitrogens with zero attached hydrogens (tertiary/aromatic N) is 2. The van der Waals surface area contributed by atoms with E-state index in [1.165, 1.54) is 11.3 Å². The van der Waals surface area contributed by atoms with Crippen molar-refractivity contribution in [3.8, 4) is 0 Å². The quantitative estimate of drug-likeness (QED) is 0.691. The van der Waals surface area contributed by atoms with E-state index in [9.17, 15) is 0 Å². The average molecular weight is 234 g/mol. The molecule has 0 aliphatic heterocycles. The third kappa shape index (κ3) is 3.88. The standard InChI is InChI=1S/C11H14N2.2C2H6/c1-8(2)10-6-9(3)7-11-12-4-5-13(10)11;2*1-2/h4-8H,1-3H3;2*1-2H3. The van der Waals surface area contributed by atoms with Gasteiger partial charge in [0, 0.05) is 18.1 Å². The number of aromatic nitrogens is 2. The smallest absolute Gasteiger partial charge is 0.137 e. The maximum absolute atomic E-state index is 4.29. The fraction of sp³-hybridized carbons (Fsp3) is 0.533. The van der Waals surface area contributed by atoms with E-state index in [0.717, 1.165) is 5.65 Å². The van der Waals surface area contributed by atoms with Crippen molar-refractivity contribution in [2.45, 2.75) is 54.4 Å². The van der Waals surface area contributed by atoms with Crippen LogP contribution in [0.25, 0.3) is 5.65 Å². The first-order valence-corrected chi connectivity index (χ1v) is 6.62. The molecule has 0 amide bonds. The van der Waals surface area contributed by atoms with Crippen molar-refractivity contribution >= 4 is 5.65 Å². The molecule has 0 aliphatic rings. The summed E-state index contributed by atoms with van der Waals surface area (Å²) in [5, 5.41) is 0. The molecular formula is C15H26N2. The van der Waals surface area contributed by atoms with Gasteiger partial charge in [-0.2, -0.15) is 0 Å². The molecule has 0 aromatic carbocycles. The Morgan fingerprint density at radius 2 is 1.65 bits per heavy atom. The molecular weight excluding hydrogens is 208 g/mol. The Labute approximate surface area is 106 Å². The van der Waals surface area contributed by atoms with E-state index in [2.05, 4.69) is 42.3 Å². The summed E-state index contributed by atoms with van der Waals surface area (Å²) >= 11 is 0. The summed E-state index contributed by atoms with van der Waals surface area (Å²) in [5.74, 6) is 0.539. The van der Waals surface area contributed by atoms with Gasteiger partial charge in [-0.1, -0.05) is 41.5 Å². The minimum absolute atomic E-state index is 0.539. The second kappa shape index (κ2) is 7.88. The highest BCUT2D eigenvalue weighted by atomic mass is 15.0. The summed E-state index contributed by atoms with van der Waals surface area (Å²) in [6.45, 7) is 14.5. The van der Waals surface area contributed by atoms with Crippen LogP contribution in [0.4, 0.5) is 0 Å². The number of hydrogen-bond donors (Lipinski definition) is 0. The lowest BCUT2D eigenvalue weighted by molar-refractivity contribution is 0.799. The minimum Gasteiger partial charge on any atom is -0.304 e. The molecule has 2 aromatic rings. The van der Waals surface area contributed by atoms with Crippen LogP contribution < -0.4 is 0 Å². The molecule has 0 saturated heterocycles. The molecule has 17 heavy (non-hydrogen) atoms. The van der Waals surface area contributed by atoms with E-state index < -0.39 is 0 Å². The van der Waals surface area contributed by atoms with E-state index in [-0.39, 0.29) is 0 Å². The van der Waals surface area contributed by atoms with Crippen LogP contribution in [0, 0.1) is 6.92 Å². The van der Waals surface area contributed by atoms with Crippen LogP contribution in [0.3, 0.4) is 0 Å². The molecule has 0 radical (unpaired) electrons. The molecule has 0 unspecified atom stereocenters. The number of hydrogen-bond acceptors (Lipinski definition) is 1. The van der Waals surface area contributed by atoms with Gasteiger partial charge >= 0.3 is 0 Å². The highest BCUT2D eigenvalue weighted by molar-refractivity contribution is 5.44. The third-order valence-electron chi connectivity index (χ3n) is 2.27. The third-order valence-corrected chi connectivity index (χ3v) is 2.27.